The summed E-state index contributed by atoms with van der Waals surface area (Å²) in [7, 11) is 0. The van der Waals surface area contributed by atoms with E-state index in [1.807, 2.05) is 13.0 Å². The zero-order chi connectivity index (χ0) is 16.9. The molecular formula is C18H18FN3O2. The third-order valence-electron chi connectivity index (χ3n) is 3.98. The van der Waals surface area contributed by atoms with Crippen LogP contribution in [0.1, 0.15) is 29.3 Å². The third kappa shape index (κ3) is 3.27. The van der Waals surface area contributed by atoms with Crippen LogP contribution in [0.15, 0.2) is 48.6 Å². The Labute approximate surface area is 139 Å². The molecule has 2 aromatic rings. The van der Waals surface area contributed by atoms with Crippen LogP contribution in [0.3, 0.4) is 0 Å². The van der Waals surface area contributed by atoms with E-state index in [4.69, 9.17) is 4.74 Å². The molecule has 0 N–H and O–H groups in total. The Hall–Kier alpha value is -2.76. The summed E-state index contributed by atoms with van der Waals surface area (Å²) < 4.78 is 18.2. The molecule has 0 saturated heterocycles. The SMILES string of the molecule is CC/C(=C/F)COc1ccc2c(c1)CCN(c1ncccn1)C2=O. The second-order valence-electron chi connectivity index (χ2n) is 5.48. The smallest absolute Gasteiger partial charge is 0.260 e. The number of fused-ring (bicyclic) bond motifs is 1. The molecular weight excluding hydrogens is 309 g/mol. The number of ether oxygens (including phenoxy) is 1. The molecule has 2 heterocycles. The first kappa shape index (κ1) is 16.1. The number of benzene rings is 1. The Kier molecular flexibility index (Phi) is 4.84. The van der Waals surface area contributed by atoms with Crippen molar-refractivity contribution >= 4 is 11.9 Å². The highest BCUT2D eigenvalue weighted by Gasteiger charge is 2.27. The molecule has 1 aromatic carbocycles. The number of anilines is 1. The molecule has 0 fully saturated rings. The maximum Gasteiger partial charge on any atom is 0.260 e. The van der Waals surface area contributed by atoms with Crippen LogP contribution in [-0.4, -0.2) is 29.0 Å². The molecule has 0 bridgehead atoms. The molecule has 3 rings (SSSR count). The number of halogens is 1. The van der Waals surface area contributed by atoms with Gasteiger partial charge in [-0.3, -0.25) is 9.69 Å². The number of carbonyl (C=O) groups excluding carboxylic acids is 1. The molecule has 0 unspecified atom stereocenters. The summed E-state index contributed by atoms with van der Waals surface area (Å²) in [6, 6.07) is 7.04. The number of rotatable bonds is 5. The number of hydrogen-bond donors (Lipinski definition) is 0. The zero-order valence-electron chi connectivity index (χ0n) is 13.4. The second-order valence-corrected chi connectivity index (χ2v) is 5.48. The van der Waals surface area contributed by atoms with Gasteiger partial charge in [-0.25, -0.2) is 14.4 Å². The van der Waals surface area contributed by atoms with Crippen LogP contribution in [-0.2, 0) is 6.42 Å². The molecule has 0 aliphatic carbocycles. The lowest BCUT2D eigenvalue weighted by atomic mass is 9.99. The summed E-state index contributed by atoms with van der Waals surface area (Å²) in [5.74, 6) is 0.930. The van der Waals surface area contributed by atoms with Gasteiger partial charge in [-0.05, 0) is 48.2 Å². The van der Waals surface area contributed by atoms with Crippen LogP contribution in [0.4, 0.5) is 10.3 Å². The van der Waals surface area contributed by atoms with E-state index in [9.17, 15) is 9.18 Å². The molecule has 0 saturated carbocycles. The molecule has 0 spiro atoms. The Bertz CT molecular complexity index is 762. The van der Waals surface area contributed by atoms with Crippen molar-refractivity contribution in [3.05, 3.63) is 59.7 Å². The molecule has 1 aromatic heterocycles. The highest BCUT2D eigenvalue weighted by molar-refractivity contribution is 6.07. The van der Waals surface area contributed by atoms with Gasteiger partial charge in [0.15, 0.2) is 0 Å². The lowest BCUT2D eigenvalue weighted by Gasteiger charge is -2.27. The van der Waals surface area contributed by atoms with Gasteiger partial charge >= 0.3 is 0 Å². The van der Waals surface area contributed by atoms with Crippen molar-refractivity contribution in [1.29, 1.82) is 0 Å². The van der Waals surface area contributed by atoms with Gasteiger partial charge in [-0.2, -0.15) is 0 Å². The van der Waals surface area contributed by atoms with E-state index in [-0.39, 0.29) is 12.5 Å². The molecule has 1 aliphatic heterocycles. The molecule has 1 amide bonds. The maximum atomic E-state index is 12.6. The Morgan fingerprint density at radius 2 is 2.17 bits per heavy atom. The van der Waals surface area contributed by atoms with Gasteiger partial charge in [-0.1, -0.05) is 6.92 Å². The van der Waals surface area contributed by atoms with E-state index in [2.05, 4.69) is 9.97 Å². The number of hydrogen-bond acceptors (Lipinski definition) is 4. The largest absolute Gasteiger partial charge is 0.489 e. The minimum absolute atomic E-state index is 0.119. The Morgan fingerprint density at radius 1 is 1.38 bits per heavy atom. The summed E-state index contributed by atoms with van der Waals surface area (Å²) in [5, 5.41) is 0. The minimum Gasteiger partial charge on any atom is -0.489 e. The van der Waals surface area contributed by atoms with Crippen LogP contribution >= 0.6 is 0 Å². The average molecular weight is 327 g/mol. The maximum absolute atomic E-state index is 12.6. The van der Waals surface area contributed by atoms with E-state index in [1.165, 1.54) is 0 Å². The molecule has 24 heavy (non-hydrogen) atoms. The molecule has 124 valence electrons. The molecule has 0 atom stereocenters. The number of amides is 1. The summed E-state index contributed by atoms with van der Waals surface area (Å²) in [5.41, 5.74) is 2.14. The molecule has 1 aliphatic rings. The van der Waals surface area contributed by atoms with E-state index < -0.39 is 0 Å². The first-order valence-corrected chi connectivity index (χ1v) is 7.85. The van der Waals surface area contributed by atoms with Gasteiger partial charge in [0.05, 0.1) is 6.33 Å². The average Bonchev–Trinajstić information content (AvgIpc) is 2.63. The predicted octanol–water partition coefficient (Wildman–Crippen LogP) is 3.32. The first-order chi connectivity index (χ1) is 11.7. The first-order valence-electron chi connectivity index (χ1n) is 7.85. The van der Waals surface area contributed by atoms with Crippen molar-refractivity contribution in [2.75, 3.05) is 18.1 Å². The van der Waals surface area contributed by atoms with Gasteiger partial charge in [0.2, 0.25) is 5.95 Å². The number of carbonyl (C=O) groups is 1. The van der Waals surface area contributed by atoms with Crippen molar-refractivity contribution in [2.45, 2.75) is 19.8 Å². The normalized spacial score (nSPS) is 14.5. The summed E-state index contributed by atoms with van der Waals surface area (Å²) >= 11 is 0. The number of aromatic nitrogens is 2. The fourth-order valence-electron chi connectivity index (χ4n) is 2.56. The van der Waals surface area contributed by atoms with Crippen molar-refractivity contribution in [1.82, 2.24) is 9.97 Å². The zero-order valence-corrected chi connectivity index (χ0v) is 13.4. The van der Waals surface area contributed by atoms with Crippen molar-refractivity contribution < 1.29 is 13.9 Å². The van der Waals surface area contributed by atoms with Gasteiger partial charge in [-0.15, -0.1) is 0 Å². The highest BCUT2D eigenvalue weighted by atomic mass is 19.1. The van der Waals surface area contributed by atoms with E-state index in [1.54, 1.807) is 35.5 Å². The molecule has 6 heteroatoms. The summed E-state index contributed by atoms with van der Waals surface area (Å²) in [6.07, 6.45) is 5.11. The minimum atomic E-state index is -0.119. The van der Waals surface area contributed by atoms with Gasteiger partial charge < -0.3 is 4.74 Å². The lowest BCUT2D eigenvalue weighted by molar-refractivity contribution is 0.0979. The monoisotopic (exact) mass is 327 g/mol. The van der Waals surface area contributed by atoms with E-state index in [0.29, 0.717) is 48.6 Å². The second kappa shape index (κ2) is 7.21. The quantitative estimate of drug-likeness (QED) is 0.845. The summed E-state index contributed by atoms with van der Waals surface area (Å²) in [4.78, 5) is 22.5. The highest BCUT2D eigenvalue weighted by Crippen LogP contribution is 2.26. The molecule has 5 nitrogen and oxygen atoms in total. The topological polar surface area (TPSA) is 55.3 Å². The van der Waals surface area contributed by atoms with E-state index >= 15 is 0 Å². The van der Waals surface area contributed by atoms with Crippen LogP contribution < -0.4 is 9.64 Å². The van der Waals surface area contributed by atoms with Gasteiger partial charge in [0, 0.05) is 24.5 Å². The van der Waals surface area contributed by atoms with E-state index in [0.717, 1.165) is 5.56 Å². The van der Waals surface area contributed by atoms with Crippen LogP contribution in [0.25, 0.3) is 0 Å². The third-order valence-corrected chi connectivity index (χ3v) is 3.98. The van der Waals surface area contributed by atoms with Crippen molar-refractivity contribution in [3.63, 3.8) is 0 Å². The Balaban J connectivity index is 1.77. The van der Waals surface area contributed by atoms with Gasteiger partial charge in [0.25, 0.3) is 5.91 Å². The van der Waals surface area contributed by atoms with Gasteiger partial charge in [0.1, 0.15) is 12.4 Å². The van der Waals surface area contributed by atoms with Crippen LogP contribution in [0.2, 0.25) is 0 Å². The molecule has 0 radical (unpaired) electrons. The van der Waals surface area contributed by atoms with Crippen molar-refractivity contribution in [3.8, 4) is 5.75 Å². The summed E-state index contributed by atoms with van der Waals surface area (Å²) in [6.45, 7) is 2.61. The van der Waals surface area contributed by atoms with Crippen LogP contribution in [0.5, 0.6) is 5.75 Å². The Morgan fingerprint density at radius 3 is 2.88 bits per heavy atom. The fourth-order valence-corrected chi connectivity index (χ4v) is 2.56. The predicted molar refractivity (Wildman–Crippen MR) is 88.8 cm³/mol. The van der Waals surface area contributed by atoms with Crippen molar-refractivity contribution in [2.24, 2.45) is 0 Å². The number of nitrogens with zero attached hydrogens (tertiary/aromatic N) is 3. The van der Waals surface area contributed by atoms with Crippen LogP contribution in [0, 0.1) is 0 Å². The fraction of sp³-hybridized carbons (Fsp3) is 0.278. The standard InChI is InChI=1S/C18H18FN3O2/c1-2-13(11-19)12-24-15-4-5-16-14(10-15)6-9-22(17(16)23)18-20-7-3-8-21-18/h3-5,7-8,10-11H,2,6,9,12H2,1H3/b13-11-. The lowest BCUT2D eigenvalue weighted by Crippen LogP contribution is -2.38.